The van der Waals surface area contributed by atoms with E-state index >= 15 is 0 Å². The molecule has 18 heavy (non-hydrogen) atoms. The number of rotatable bonds is 5. The van der Waals surface area contributed by atoms with E-state index in [1.165, 1.54) is 11.3 Å². The fraction of sp³-hybridized carbons (Fsp3) is 0.500. The van der Waals surface area contributed by atoms with Crippen LogP contribution < -0.4 is 10.6 Å². The van der Waals surface area contributed by atoms with Crippen molar-refractivity contribution in [2.75, 3.05) is 11.4 Å². The van der Waals surface area contributed by atoms with Gasteiger partial charge in [-0.1, -0.05) is 31.2 Å². The van der Waals surface area contributed by atoms with Gasteiger partial charge in [0.15, 0.2) is 0 Å². The van der Waals surface area contributed by atoms with Gasteiger partial charge in [0.1, 0.15) is 0 Å². The van der Waals surface area contributed by atoms with Gasteiger partial charge >= 0.3 is 0 Å². The topological polar surface area (TPSA) is 29.3 Å². The van der Waals surface area contributed by atoms with Gasteiger partial charge in [-0.05, 0) is 38.8 Å². The highest BCUT2D eigenvalue weighted by Crippen LogP contribution is 2.31. The second-order valence-electron chi connectivity index (χ2n) is 5.64. The van der Waals surface area contributed by atoms with Crippen LogP contribution in [0.1, 0.15) is 45.7 Å². The molecule has 0 aromatic heterocycles. The van der Waals surface area contributed by atoms with Crippen LogP contribution in [0.2, 0.25) is 0 Å². The van der Waals surface area contributed by atoms with E-state index in [-0.39, 0.29) is 11.6 Å². The van der Waals surface area contributed by atoms with Crippen molar-refractivity contribution < 1.29 is 0 Å². The average molecular weight is 246 g/mol. The molecular formula is C16H26N2. The molecular weight excluding hydrogens is 220 g/mol. The molecule has 0 aliphatic rings. The summed E-state index contributed by atoms with van der Waals surface area (Å²) in [6.07, 6.45) is 2.89. The van der Waals surface area contributed by atoms with Crippen molar-refractivity contribution in [1.29, 1.82) is 0 Å². The third-order valence-corrected chi connectivity index (χ3v) is 3.19. The number of nitrogens with zero attached hydrogens (tertiary/aromatic N) is 1. The summed E-state index contributed by atoms with van der Waals surface area (Å²) in [6.45, 7) is 13.5. The van der Waals surface area contributed by atoms with Crippen molar-refractivity contribution in [3.05, 3.63) is 42.5 Å². The molecule has 2 nitrogen and oxygen atoms in total. The van der Waals surface area contributed by atoms with Gasteiger partial charge < -0.3 is 10.6 Å². The Labute approximate surface area is 111 Å². The van der Waals surface area contributed by atoms with Gasteiger partial charge in [0, 0.05) is 23.8 Å². The molecule has 0 amide bonds. The Hall–Kier alpha value is -1.28. The van der Waals surface area contributed by atoms with Gasteiger partial charge in [-0.15, -0.1) is 6.58 Å². The molecule has 1 aromatic carbocycles. The van der Waals surface area contributed by atoms with Crippen LogP contribution in [0.4, 0.5) is 5.69 Å². The molecule has 2 N–H and O–H groups in total. The van der Waals surface area contributed by atoms with Crippen molar-refractivity contribution >= 4 is 5.69 Å². The van der Waals surface area contributed by atoms with E-state index in [4.69, 9.17) is 5.73 Å². The maximum Gasteiger partial charge on any atom is 0.0421 e. The van der Waals surface area contributed by atoms with Gasteiger partial charge in [-0.25, -0.2) is 0 Å². The molecule has 100 valence electrons. The zero-order valence-electron chi connectivity index (χ0n) is 12.1. The van der Waals surface area contributed by atoms with Crippen LogP contribution in [0.25, 0.3) is 0 Å². The third-order valence-electron chi connectivity index (χ3n) is 3.19. The van der Waals surface area contributed by atoms with E-state index in [1.807, 2.05) is 6.08 Å². The normalized spacial score (nSPS) is 13.2. The first-order valence-corrected chi connectivity index (χ1v) is 6.64. The number of anilines is 1. The molecule has 0 fully saturated rings. The van der Waals surface area contributed by atoms with Crippen LogP contribution in [-0.2, 0) is 0 Å². The van der Waals surface area contributed by atoms with Crippen molar-refractivity contribution in [2.24, 2.45) is 5.73 Å². The SMILES string of the molecule is C=CCN(c1ccccc1[C@H](N)CC)C(C)(C)C. The molecule has 0 bridgehead atoms. The first-order chi connectivity index (χ1) is 8.41. The molecule has 0 saturated heterocycles. The summed E-state index contributed by atoms with van der Waals surface area (Å²) in [5, 5.41) is 0. The van der Waals surface area contributed by atoms with E-state index in [1.54, 1.807) is 0 Å². The quantitative estimate of drug-likeness (QED) is 0.799. The van der Waals surface area contributed by atoms with Crippen molar-refractivity contribution in [1.82, 2.24) is 0 Å². The lowest BCUT2D eigenvalue weighted by atomic mass is 9.98. The molecule has 0 aliphatic carbocycles. The lowest BCUT2D eigenvalue weighted by molar-refractivity contribution is 0.518. The summed E-state index contributed by atoms with van der Waals surface area (Å²) >= 11 is 0. The van der Waals surface area contributed by atoms with Crippen molar-refractivity contribution in [3.8, 4) is 0 Å². The van der Waals surface area contributed by atoms with E-state index < -0.39 is 0 Å². The van der Waals surface area contributed by atoms with E-state index in [9.17, 15) is 0 Å². The molecule has 0 aliphatic heterocycles. The molecule has 0 saturated carbocycles. The Morgan fingerprint density at radius 1 is 1.33 bits per heavy atom. The smallest absolute Gasteiger partial charge is 0.0421 e. The minimum atomic E-state index is 0.0533. The Morgan fingerprint density at radius 2 is 1.94 bits per heavy atom. The van der Waals surface area contributed by atoms with E-state index in [0.717, 1.165) is 13.0 Å². The van der Waals surface area contributed by atoms with Crippen LogP contribution in [0.3, 0.4) is 0 Å². The lowest BCUT2D eigenvalue weighted by Crippen LogP contribution is -2.42. The monoisotopic (exact) mass is 246 g/mol. The van der Waals surface area contributed by atoms with Gasteiger partial charge in [-0.3, -0.25) is 0 Å². The predicted octanol–water partition coefficient (Wildman–Crippen LogP) is 3.89. The Bertz CT molecular complexity index is 390. The van der Waals surface area contributed by atoms with Gasteiger partial charge in [0.05, 0.1) is 0 Å². The summed E-state index contributed by atoms with van der Waals surface area (Å²) in [4.78, 5) is 2.35. The summed E-state index contributed by atoms with van der Waals surface area (Å²) in [6, 6.07) is 8.51. The van der Waals surface area contributed by atoms with Gasteiger partial charge in [0.2, 0.25) is 0 Å². The second kappa shape index (κ2) is 6.05. The average Bonchev–Trinajstić information content (AvgIpc) is 2.33. The van der Waals surface area contributed by atoms with E-state index in [2.05, 4.69) is 63.4 Å². The predicted molar refractivity (Wildman–Crippen MR) is 81.0 cm³/mol. The zero-order chi connectivity index (χ0) is 13.8. The molecule has 1 rings (SSSR count). The second-order valence-corrected chi connectivity index (χ2v) is 5.64. The fourth-order valence-corrected chi connectivity index (χ4v) is 2.13. The minimum absolute atomic E-state index is 0.0533. The fourth-order valence-electron chi connectivity index (χ4n) is 2.13. The highest BCUT2D eigenvalue weighted by molar-refractivity contribution is 5.57. The number of hydrogen-bond acceptors (Lipinski definition) is 2. The Morgan fingerprint density at radius 3 is 2.44 bits per heavy atom. The summed E-state index contributed by atoms with van der Waals surface area (Å²) in [5.41, 5.74) is 8.71. The highest BCUT2D eigenvalue weighted by atomic mass is 15.2. The minimum Gasteiger partial charge on any atom is -0.363 e. The molecule has 0 radical (unpaired) electrons. The molecule has 0 unspecified atom stereocenters. The van der Waals surface area contributed by atoms with E-state index in [0.29, 0.717) is 0 Å². The van der Waals surface area contributed by atoms with Crippen molar-refractivity contribution in [3.63, 3.8) is 0 Å². The third kappa shape index (κ3) is 3.36. The summed E-state index contributed by atoms with van der Waals surface area (Å²) in [5.74, 6) is 0. The van der Waals surface area contributed by atoms with Crippen LogP contribution in [0.5, 0.6) is 0 Å². The first-order valence-electron chi connectivity index (χ1n) is 6.64. The maximum absolute atomic E-state index is 6.22. The standard InChI is InChI=1S/C16H26N2/c1-6-12-18(16(3,4)5)15-11-9-8-10-13(15)14(17)7-2/h6,8-11,14H,1,7,12,17H2,2-5H3/t14-/m1/s1. The molecule has 1 aromatic rings. The van der Waals surface area contributed by atoms with Gasteiger partial charge in [-0.2, -0.15) is 0 Å². The van der Waals surface area contributed by atoms with Crippen LogP contribution >= 0.6 is 0 Å². The molecule has 2 heteroatoms. The zero-order valence-corrected chi connectivity index (χ0v) is 12.1. The number of nitrogens with two attached hydrogens (primary N) is 1. The van der Waals surface area contributed by atoms with Gasteiger partial charge in [0.25, 0.3) is 0 Å². The van der Waals surface area contributed by atoms with Crippen molar-refractivity contribution in [2.45, 2.75) is 45.7 Å². The number of benzene rings is 1. The Balaban J connectivity index is 3.23. The van der Waals surface area contributed by atoms with Crippen LogP contribution in [0.15, 0.2) is 36.9 Å². The van der Waals surface area contributed by atoms with Crippen LogP contribution in [0, 0.1) is 0 Å². The lowest BCUT2D eigenvalue weighted by Gasteiger charge is -2.39. The van der Waals surface area contributed by atoms with Crippen LogP contribution in [-0.4, -0.2) is 12.1 Å². The summed E-state index contributed by atoms with van der Waals surface area (Å²) < 4.78 is 0. The molecule has 1 atom stereocenters. The highest BCUT2D eigenvalue weighted by Gasteiger charge is 2.23. The Kier molecular flexibility index (Phi) is 4.97. The summed E-state index contributed by atoms with van der Waals surface area (Å²) in [7, 11) is 0. The maximum atomic E-state index is 6.22. The largest absolute Gasteiger partial charge is 0.363 e. The molecule has 0 spiro atoms. The number of para-hydroxylation sites is 1. The first kappa shape index (κ1) is 14.8. The number of hydrogen-bond donors (Lipinski definition) is 1. The molecule has 0 heterocycles.